The molecule has 2 N–H and O–H groups in total. The number of hydrogen-bond donors (Lipinski definition) is 2. The molecule has 0 atom stereocenters. The number of rotatable bonds is 5. The van der Waals surface area contributed by atoms with Gasteiger partial charge in [0.1, 0.15) is 0 Å². The highest BCUT2D eigenvalue weighted by molar-refractivity contribution is 7.92. The van der Waals surface area contributed by atoms with Crippen LogP contribution in [0, 0.1) is 13.8 Å². The van der Waals surface area contributed by atoms with Gasteiger partial charge in [-0.05, 0) is 69.2 Å². The molecule has 0 unspecified atom stereocenters. The molecule has 0 aliphatic heterocycles. The van der Waals surface area contributed by atoms with E-state index in [1.165, 1.54) is 12.1 Å². The second kappa shape index (κ2) is 7.05. The monoisotopic (exact) mass is 346 g/mol. The summed E-state index contributed by atoms with van der Waals surface area (Å²) in [4.78, 5) is 12.1. The largest absolute Gasteiger partial charge is 0.350 e. The normalized spacial score (nSPS) is 11.4. The molecule has 2 rings (SSSR count). The van der Waals surface area contributed by atoms with Crippen molar-refractivity contribution < 1.29 is 13.2 Å². The van der Waals surface area contributed by atoms with Crippen LogP contribution >= 0.6 is 0 Å². The molecule has 0 spiro atoms. The Labute approximate surface area is 143 Å². The first kappa shape index (κ1) is 18.0. The average molecular weight is 346 g/mol. The molecule has 0 aliphatic carbocycles. The fourth-order valence-corrected chi connectivity index (χ4v) is 3.26. The van der Waals surface area contributed by atoms with Crippen LogP contribution in [0.3, 0.4) is 0 Å². The number of carbonyl (C=O) groups excluding carboxylic acids is 1. The molecule has 0 saturated carbocycles. The Morgan fingerprint density at radius 1 is 1.00 bits per heavy atom. The Bertz CT molecular complexity index is 858. The van der Waals surface area contributed by atoms with Gasteiger partial charge >= 0.3 is 0 Å². The van der Waals surface area contributed by atoms with E-state index in [0.717, 1.165) is 11.1 Å². The van der Waals surface area contributed by atoms with Gasteiger partial charge in [-0.1, -0.05) is 12.1 Å². The minimum absolute atomic E-state index is 0.0218. The summed E-state index contributed by atoms with van der Waals surface area (Å²) in [5.74, 6) is -0.298. The molecule has 2 aromatic rings. The van der Waals surface area contributed by atoms with Crippen molar-refractivity contribution in [2.24, 2.45) is 0 Å². The SMILES string of the molecule is Cc1ccc(NS(=O)(=O)c2cccc(C(=O)NC(C)C)c2)cc1C. The average Bonchev–Trinajstić information content (AvgIpc) is 2.50. The molecule has 0 fully saturated rings. The minimum atomic E-state index is -3.76. The van der Waals surface area contributed by atoms with Gasteiger partial charge in [0.2, 0.25) is 0 Å². The number of hydrogen-bond acceptors (Lipinski definition) is 3. The fourth-order valence-electron chi connectivity index (χ4n) is 2.17. The Hall–Kier alpha value is -2.34. The number of aryl methyl sites for hydroxylation is 2. The number of carbonyl (C=O) groups is 1. The topological polar surface area (TPSA) is 75.3 Å². The van der Waals surface area contributed by atoms with Crippen molar-refractivity contribution in [3.05, 3.63) is 59.2 Å². The number of sulfonamides is 1. The zero-order valence-electron chi connectivity index (χ0n) is 14.3. The van der Waals surface area contributed by atoms with Crippen molar-refractivity contribution in [1.82, 2.24) is 5.32 Å². The van der Waals surface area contributed by atoms with Crippen LogP contribution in [0.2, 0.25) is 0 Å². The van der Waals surface area contributed by atoms with Crippen molar-refractivity contribution in [2.45, 2.75) is 38.6 Å². The predicted octanol–water partition coefficient (Wildman–Crippen LogP) is 3.24. The number of anilines is 1. The summed E-state index contributed by atoms with van der Waals surface area (Å²) >= 11 is 0. The van der Waals surface area contributed by atoms with Gasteiger partial charge in [-0.15, -0.1) is 0 Å². The van der Waals surface area contributed by atoms with Crippen LogP contribution < -0.4 is 10.0 Å². The minimum Gasteiger partial charge on any atom is -0.350 e. The van der Waals surface area contributed by atoms with Gasteiger partial charge in [-0.2, -0.15) is 0 Å². The fraction of sp³-hybridized carbons (Fsp3) is 0.278. The van der Waals surface area contributed by atoms with Crippen molar-refractivity contribution >= 4 is 21.6 Å². The summed E-state index contributed by atoms with van der Waals surface area (Å²) in [5.41, 5.74) is 2.90. The van der Waals surface area contributed by atoms with E-state index in [-0.39, 0.29) is 16.8 Å². The zero-order valence-corrected chi connectivity index (χ0v) is 15.1. The maximum atomic E-state index is 12.6. The van der Waals surface area contributed by atoms with Crippen LogP contribution in [0.15, 0.2) is 47.4 Å². The lowest BCUT2D eigenvalue weighted by Gasteiger charge is -2.12. The lowest BCUT2D eigenvalue weighted by atomic mass is 10.1. The molecule has 0 heterocycles. The number of benzene rings is 2. The van der Waals surface area contributed by atoms with E-state index in [1.807, 2.05) is 33.8 Å². The van der Waals surface area contributed by atoms with Crippen LogP contribution in [0.5, 0.6) is 0 Å². The van der Waals surface area contributed by atoms with Gasteiger partial charge < -0.3 is 5.32 Å². The van der Waals surface area contributed by atoms with Gasteiger partial charge in [-0.3, -0.25) is 9.52 Å². The number of nitrogens with one attached hydrogen (secondary N) is 2. The number of amides is 1. The highest BCUT2D eigenvalue weighted by Gasteiger charge is 2.17. The molecule has 0 radical (unpaired) electrons. The van der Waals surface area contributed by atoms with E-state index in [9.17, 15) is 13.2 Å². The molecule has 1 amide bonds. The zero-order chi connectivity index (χ0) is 17.9. The maximum absolute atomic E-state index is 12.6. The summed E-state index contributed by atoms with van der Waals surface area (Å²) in [6.07, 6.45) is 0. The van der Waals surface area contributed by atoms with E-state index < -0.39 is 10.0 Å². The Balaban J connectivity index is 2.29. The van der Waals surface area contributed by atoms with Crippen molar-refractivity contribution in [1.29, 1.82) is 0 Å². The molecule has 0 saturated heterocycles. The van der Waals surface area contributed by atoms with Gasteiger partial charge in [0.05, 0.1) is 4.90 Å². The summed E-state index contributed by atoms with van der Waals surface area (Å²) in [6, 6.07) is 11.3. The van der Waals surface area contributed by atoms with Crippen LogP contribution in [-0.4, -0.2) is 20.4 Å². The third kappa shape index (κ3) is 4.35. The maximum Gasteiger partial charge on any atom is 0.261 e. The lowest BCUT2D eigenvalue weighted by molar-refractivity contribution is 0.0943. The van der Waals surface area contributed by atoms with Gasteiger partial charge in [0, 0.05) is 17.3 Å². The molecule has 128 valence electrons. The third-order valence-corrected chi connectivity index (χ3v) is 4.96. The lowest BCUT2D eigenvalue weighted by Crippen LogP contribution is -2.30. The van der Waals surface area contributed by atoms with Crippen LogP contribution in [0.4, 0.5) is 5.69 Å². The standard InChI is InChI=1S/C18H22N2O3S/c1-12(2)19-18(21)15-6-5-7-17(11-15)24(22,23)20-16-9-8-13(3)14(4)10-16/h5-12,20H,1-4H3,(H,19,21). The summed E-state index contributed by atoms with van der Waals surface area (Å²) in [6.45, 7) is 7.58. The van der Waals surface area contributed by atoms with Crippen LogP contribution in [-0.2, 0) is 10.0 Å². The van der Waals surface area contributed by atoms with E-state index in [1.54, 1.807) is 24.3 Å². The molecule has 6 heteroatoms. The highest BCUT2D eigenvalue weighted by atomic mass is 32.2. The molecule has 0 bridgehead atoms. The summed E-state index contributed by atoms with van der Waals surface area (Å²) in [7, 11) is -3.76. The van der Waals surface area contributed by atoms with E-state index in [0.29, 0.717) is 11.3 Å². The van der Waals surface area contributed by atoms with Gasteiger partial charge in [0.15, 0.2) is 0 Å². The molecule has 0 aliphatic rings. The molecule has 0 aromatic heterocycles. The Morgan fingerprint density at radius 2 is 1.71 bits per heavy atom. The van der Waals surface area contributed by atoms with Crippen molar-refractivity contribution in [3.8, 4) is 0 Å². The molecule has 5 nitrogen and oxygen atoms in total. The second-order valence-corrected chi connectivity index (χ2v) is 7.74. The van der Waals surface area contributed by atoms with E-state index in [4.69, 9.17) is 0 Å². The third-order valence-electron chi connectivity index (χ3n) is 3.59. The van der Waals surface area contributed by atoms with Crippen molar-refractivity contribution in [2.75, 3.05) is 4.72 Å². The van der Waals surface area contributed by atoms with Crippen molar-refractivity contribution in [3.63, 3.8) is 0 Å². The van der Waals surface area contributed by atoms with Gasteiger partial charge in [-0.25, -0.2) is 8.42 Å². The molecular formula is C18H22N2O3S. The highest BCUT2D eigenvalue weighted by Crippen LogP contribution is 2.19. The first-order chi connectivity index (χ1) is 11.2. The van der Waals surface area contributed by atoms with E-state index in [2.05, 4.69) is 10.0 Å². The smallest absolute Gasteiger partial charge is 0.261 e. The summed E-state index contributed by atoms with van der Waals surface area (Å²) < 4.78 is 27.7. The molecule has 2 aromatic carbocycles. The summed E-state index contributed by atoms with van der Waals surface area (Å²) in [5, 5.41) is 2.75. The second-order valence-electron chi connectivity index (χ2n) is 6.06. The van der Waals surface area contributed by atoms with Crippen LogP contribution in [0.25, 0.3) is 0 Å². The Kier molecular flexibility index (Phi) is 5.29. The molecular weight excluding hydrogens is 324 g/mol. The van der Waals surface area contributed by atoms with Crippen LogP contribution in [0.1, 0.15) is 35.3 Å². The first-order valence-electron chi connectivity index (χ1n) is 7.70. The quantitative estimate of drug-likeness (QED) is 0.873. The van der Waals surface area contributed by atoms with Gasteiger partial charge in [0.25, 0.3) is 15.9 Å². The predicted molar refractivity (Wildman–Crippen MR) is 95.8 cm³/mol. The first-order valence-corrected chi connectivity index (χ1v) is 9.18. The van der Waals surface area contributed by atoms with E-state index >= 15 is 0 Å². The Morgan fingerprint density at radius 3 is 2.33 bits per heavy atom. The molecule has 24 heavy (non-hydrogen) atoms.